The molecule has 0 bridgehead atoms. The molecule has 2 N–H and O–H groups in total. The van der Waals surface area contributed by atoms with Crippen LogP contribution in [-0.4, -0.2) is 18.1 Å². The standard InChI is InChI=1S/C4H12N3O2/c1-4(2)5-7(8)6-9-3/h4H,1-3H3,(H2,5,6,8)/q+1. The van der Waals surface area contributed by atoms with Gasteiger partial charge in [0.05, 0.1) is 18.1 Å². The molecule has 0 saturated heterocycles. The summed E-state index contributed by atoms with van der Waals surface area (Å²) in [7, 11) is 1.37. The Bertz CT molecular complexity index is 93.8. The fraction of sp³-hybridized carbons (Fsp3) is 1.00. The lowest BCUT2D eigenvalue weighted by Gasteiger charge is -1.97. The maximum atomic E-state index is 10.4. The molecule has 9 heavy (non-hydrogen) atoms. The van der Waals surface area contributed by atoms with Crippen LogP contribution in [0.25, 0.3) is 0 Å². The molecule has 0 aliphatic heterocycles. The van der Waals surface area contributed by atoms with E-state index in [4.69, 9.17) is 0 Å². The molecule has 0 spiro atoms. The Morgan fingerprint density at radius 2 is 2.11 bits per heavy atom. The van der Waals surface area contributed by atoms with Crippen molar-refractivity contribution in [3.63, 3.8) is 0 Å². The Balaban J connectivity index is 3.27. The van der Waals surface area contributed by atoms with Crippen molar-refractivity contribution in [3.8, 4) is 0 Å². The summed E-state index contributed by atoms with van der Waals surface area (Å²) >= 11 is 0. The molecule has 0 saturated carbocycles. The van der Waals surface area contributed by atoms with Crippen LogP contribution in [0.2, 0.25) is 0 Å². The van der Waals surface area contributed by atoms with E-state index < -0.39 is 0 Å². The van der Waals surface area contributed by atoms with Gasteiger partial charge in [0.15, 0.2) is 0 Å². The first-order valence-corrected chi connectivity index (χ1v) is 2.69. The van der Waals surface area contributed by atoms with E-state index in [0.717, 1.165) is 0 Å². The van der Waals surface area contributed by atoms with Crippen LogP contribution in [0.1, 0.15) is 13.8 Å². The van der Waals surface area contributed by atoms with Gasteiger partial charge in [-0.25, -0.2) is 4.84 Å². The Morgan fingerprint density at radius 3 is 2.44 bits per heavy atom. The molecule has 54 valence electrons. The van der Waals surface area contributed by atoms with Gasteiger partial charge in [-0.05, 0) is 13.8 Å². The zero-order valence-corrected chi connectivity index (χ0v) is 5.84. The van der Waals surface area contributed by atoms with Crippen LogP contribution in [0.5, 0.6) is 0 Å². The van der Waals surface area contributed by atoms with Gasteiger partial charge in [0.2, 0.25) is 0 Å². The molecule has 5 nitrogen and oxygen atoms in total. The summed E-state index contributed by atoms with van der Waals surface area (Å²) in [5.41, 5.74) is 4.53. The van der Waals surface area contributed by atoms with Crippen LogP contribution in [-0.2, 0) is 4.84 Å². The number of hydrazine groups is 2. The zero-order valence-electron chi connectivity index (χ0n) is 5.84. The summed E-state index contributed by atoms with van der Waals surface area (Å²) in [4.78, 5) is 15.1. The van der Waals surface area contributed by atoms with Crippen LogP contribution in [0, 0.1) is 4.91 Å². The fourth-order valence-corrected chi connectivity index (χ4v) is 0.344. The van der Waals surface area contributed by atoms with Crippen LogP contribution in [0.3, 0.4) is 0 Å². The molecular weight excluding hydrogens is 122 g/mol. The first-order chi connectivity index (χ1) is 4.16. The zero-order chi connectivity index (χ0) is 7.28. The van der Waals surface area contributed by atoms with Crippen LogP contribution in [0.4, 0.5) is 0 Å². The third-order valence-electron chi connectivity index (χ3n) is 0.550. The topological polar surface area (TPSA) is 53.4 Å². The summed E-state index contributed by atoms with van der Waals surface area (Å²) in [6, 6.07) is 0.102. The quantitative estimate of drug-likeness (QED) is 0.411. The Hall–Kier alpha value is -0.840. The van der Waals surface area contributed by atoms with E-state index in [1.165, 1.54) is 7.11 Å². The van der Waals surface area contributed by atoms with Crippen LogP contribution in [0.15, 0.2) is 0 Å². The highest BCUT2D eigenvalue weighted by Gasteiger charge is 2.06. The van der Waals surface area contributed by atoms with Gasteiger partial charge >= 0.3 is 0 Å². The molecule has 0 aromatic carbocycles. The van der Waals surface area contributed by atoms with Crippen molar-refractivity contribution in [3.05, 3.63) is 4.91 Å². The van der Waals surface area contributed by atoms with Gasteiger partial charge in [0.25, 0.3) is 4.98 Å². The molecule has 0 rings (SSSR count). The Morgan fingerprint density at radius 1 is 1.56 bits per heavy atom. The molecule has 0 amide bonds. The first-order valence-electron chi connectivity index (χ1n) is 2.69. The van der Waals surface area contributed by atoms with Crippen molar-refractivity contribution in [1.82, 2.24) is 11.0 Å². The highest BCUT2D eigenvalue weighted by atomic mass is 16.7. The lowest BCUT2D eigenvalue weighted by Crippen LogP contribution is -2.41. The highest BCUT2D eigenvalue weighted by Crippen LogP contribution is 1.72. The first kappa shape index (κ1) is 8.16. The molecule has 0 aromatic heterocycles. The minimum absolute atomic E-state index is 0.102. The molecular formula is C4H12N3O2+. The minimum atomic E-state index is 0.102. The van der Waals surface area contributed by atoms with Crippen molar-refractivity contribution >= 4 is 0 Å². The summed E-state index contributed by atoms with van der Waals surface area (Å²) < 4.78 is 0. The third kappa shape index (κ3) is 5.02. The van der Waals surface area contributed by atoms with Gasteiger partial charge in [-0.15, -0.1) is 5.43 Å². The normalized spacial score (nSPS) is 9.33. The van der Waals surface area contributed by atoms with Gasteiger partial charge in [-0.2, -0.15) is 0 Å². The lowest BCUT2D eigenvalue weighted by molar-refractivity contribution is -0.708. The van der Waals surface area contributed by atoms with Gasteiger partial charge in [-0.1, -0.05) is 0 Å². The molecule has 0 aliphatic carbocycles. The Kier molecular flexibility index (Phi) is 3.70. The highest BCUT2D eigenvalue weighted by molar-refractivity contribution is 4.35. The maximum absolute atomic E-state index is 10.4. The second-order valence-corrected chi connectivity index (χ2v) is 1.87. The molecule has 0 atom stereocenters. The number of nitrogens with zero attached hydrogens (tertiary/aromatic N) is 1. The summed E-state index contributed by atoms with van der Waals surface area (Å²) in [6.45, 7) is 3.70. The molecule has 0 heterocycles. The van der Waals surface area contributed by atoms with E-state index in [9.17, 15) is 4.91 Å². The average molecular weight is 134 g/mol. The molecule has 0 radical (unpaired) electrons. The largest absolute Gasteiger partial charge is 0.272 e. The van der Waals surface area contributed by atoms with Crippen molar-refractivity contribution < 1.29 is 9.82 Å². The van der Waals surface area contributed by atoms with Gasteiger partial charge < -0.3 is 0 Å². The number of hydrogen-bond donors (Lipinski definition) is 2. The number of nitrogens with one attached hydrogen (secondary N) is 2. The predicted octanol–water partition coefficient (Wildman–Crippen LogP) is -0.256. The SMILES string of the molecule is CON[N+](=O)NC(C)C. The van der Waals surface area contributed by atoms with E-state index >= 15 is 0 Å². The van der Waals surface area contributed by atoms with E-state index in [0.29, 0.717) is 4.98 Å². The number of rotatable bonds is 4. The molecule has 0 aromatic rings. The summed E-state index contributed by atoms with van der Waals surface area (Å²) in [5, 5.41) is 0. The van der Waals surface area contributed by atoms with Crippen molar-refractivity contribution in [2.45, 2.75) is 19.9 Å². The van der Waals surface area contributed by atoms with Crippen molar-refractivity contribution in [2.75, 3.05) is 7.11 Å². The van der Waals surface area contributed by atoms with Gasteiger partial charge in [0, 0.05) is 5.59 Å². The summed E-state index contributed by atoms with van der Waals surface area (Å²) in [5.74, 6) is 0. The van der Waals surface area contributed by atoms with Gasteiger partial charge in [0.1, 0.15) is 0 Å². The van der Waals surface area contributed by atoms with Crippen LogP contribution < -0.4 is 11.0 Å². The predicted molar refractivity (Wildman–Crippen MR) is 32.0 cm³/mol. The van der Waals surface area contributed by atoms with Crippen molar-refractivity contribution in [1.29, 1.82) is 0 Å². The van der Waals surface area contributed by atoms with E-state index in [2.05, 4.69) is 10.3 Å². The third-order valence-corrected chi connectivity index (χ3v) is 0.550. The minimum Gasteiger partial charge on any atom is -0.226 e. The van der Waals surface area contributed by atoms with E-state index in [1.54, 1.807) is 0 Å². The maximum Gasteiger partial charge on any atom is 0.272 e. The Labute approximate surface area is 53.8 Å². The second kappa shape index (κ2) is 4.08. The number of nitroso groups, excluding NO2 is 1. The van der Waals surface area contributed by atoms with Gasteiger partial charge in [-0.3, -0.25) is 0 Å². The number of hydrogen-bond acceptors (Lipinski definition) is 2. The van der Waals surface area contributed by atoms with E-state index in [1.807, 2.05) is 19.4 Å². The molecule has 0 aliphatic rings. The molecule has 0 unspecified atom stereocenters. The molecule has 5 heteroatoms. The van der Waals surface area contributed by atoms with Crippen LogP contribution >= 0.6 is 0 Å². The lowest BCUT2D eigenvalue weighted by atomic mass is 10.4. The smallest absolute Gasteiger partial charge is 0.226 e. The summed E-state index contributed by atoms with van der Waals surface area (Å²) in [6.07, 6.45) is 0. The average Bonchev–Trinajstić information content (AvgIpc) is 1.63. The second-order valence-electron chi connectivity index (χ2n) is 1.87. The fourth-order valence-electron chi connectivity index (χ4n) is 0.344. The monoisotopic (exact) mass is 134 g/mol. The van der Waals surface area contributed by atoms with Crippen molar-refractivity contribution in [2.24, 2.45) is 0 Å². The van der Waals surface area contributed by atoms with E-state index in [-0.39, 0.29) is 6.04 Å². The molecule has 0 fully saturated rings.